The van der Waals surface area contributed by atoms with Gasteiger partial charge in [-0.15, -0.1) is 0 Å². The number of para-hydroxylation sites is 1. The van der Waals surface area contributed by atoms with Crippen molar-refractivity contribution in [2.45, 2.75) is 6.18 Å². The first-order valence-corrected chi connectivity index (χ1v) is 7.18. The van der Waals surface area contributed by atoms with Gasteiger partial charge in [-0.2, -0.15) is 23.3 Å². The Balaban J connectivity index is 2.07. The van der Waals surface area contributed by atoms with E-state index in [-0.39, 0.29) is 11.4 Å². The maximum atomic E-state index is 13.2. The Bertz CT molecular complexity index is 810. The molecule has 0 atom stereocenters. The lowest BCUT2D eigenvalue weighted by Crippen LogP contribution is -2.25. The Morgan fingerprint density at radius 3 is 2.39 bits per heavy atom. The summed E-state index contributed by atoms with van der Waals surface area (Å²) in [6, 6.07) is 10.9. The van der Waals surface area contributed by atoms with Crippen molar-refractivity contribution >= 4 is 39.3 Å². The van der Waals surface area contributed by atoms with Crippen LogP contribution in [0.1, 0.15) is 5.76 Å². The minimum Gasteiger partial charge on any atom is -0.450 e. The molecular weight excluding hydrogens is 377 g/mol. The number of alkyl halides is 3. The molecule has 0 unspecified atom stereocenters. The molecule has 1 aliphatic rings. The molecule has 0 saturated carbocycles. The number of furan rings is 1. The number of amides is 1. The topological polar surface area (TPSA) is 45.8 Å². The molecule has 3 rings (SSSR count). The van der Waals surface area contributed by atoms with Gasteiger partial charge >= 0.3 is 6.18 Å². The first-order valence-electron chi connectivity index (χ1n) is 6.39. The van der Waals surface area contributed by atoms with Gasteiger partial charge < -0.3 is 4.42 Å². The van der Waals surface area contributed by atoms with Crippen LogP contribution in [-0.2, 0) is 4.79 Å². The van der Waals surface area contributed by atoms with E-state index in [1.807, 2.05) is 0 Å². The van der Waals surface area contributed by atoms with Gasteiger partial charge in [0, 0.05) is 0 Å². The van der Waals surface area contributed by atoms with Crippen molar-refractivity contribution < 1.29 is 22.4 Å². The minimum absolute atomic E-state index is 0.118. The van der Waals surface area contributed by atoms with E-state index in [0.29, 0.717) is 4.67 Å². The first-order chi connectivity index (χ1) is 10.9. The van der Waals surface area contributed by atoms with Gasteiger partial charge in [0.1, 0.15) is 5.76 Å². The van der Waals surface area contributed by atoms with E-state index in [0.717, 1.165) is 11.1 Å². The Hall–Kier alpha value is -2.35. The Kier molecular flexibility index (Phi) is 3.85. The predicted molar refractivity (Wildman–Crippen MR) is 81.8 cm³/mol. The molecule has 4 nitrogen and oxygen atoms in total. The van der Waals surface area contributed by atoms with Gasteiger partial charge in [-0.1, -0.05) is 18.2 Å². The van der Waals surface area contributed by atoms with Gasteiger partial charge in [0.2, 0.25) is 0 Å². The van der Waals surface area contributed by atoms with Gasteiger partial charge in [0.25, 0.3) is 5.91 Å². The molecule has 1 aliphatic heterocycles. The summed E-state index contributed by atoms with van der Waals surface area (Å²) in [7, 11) is 0. The summed E-state index contributed by atoms with van der Waals surface area (Å²) in [5, 5.41) is 4.18. The summed E-state index contributed by atoms with van der Waals surface area (Å²) in [4.78, 5) is 12.4. The van der Waals surface area contributed by atoms with Gasteiger partial charge in [-0.25, -0.2) is 0 Å². The van der Waals surface area contributed by atoms with E-state index in [4.69, 9.17) is 4.42 Å². The predicted octanol–water partition coefficient (Wildman–Crippen LogP) is 4.39. The van der Waals surface area contributed by atoms with E-state index in [9.17, 15) is 18.0 Å². The van der Waals surface area contributed by atoms with Crippen molar-refractivity contribution in [1.29, 1.82) is 0 Å². The highest BCUT2D eigenvalue weighted by molar-refractivity contribution is 9.10. The summed E-state index contributed by atoms with van der Waals surface area (Å²) < 4.78 is 45.1. The molecule has 8 heteroatoms. The molecule has 0 aliphatic carbocycles. The molecular formula is C15H8BrF3N2O2. The molecule has 0 bridgehead atoms. The number of anilines is 1. The quantitative estimate of drug-likeness (QED) is 0.720. The number of hydrazone groups is 1. The molecule has 1 aromatic heterocycles. The number of carbonyl (C=O) groups excluding carboxylic acids is 1. The van der Waals surface area contributed by atoms with Crippen LogP contribution in [0.5, 0.6) is 0 Å². The average molecular weight is 385 g/mol. The highest BCUT2D eigenvalue weighted by Gasteiger charge is 2.46. The van der Waals surface area contributed by atoms with Crippen molar-refractivity contribution in [2.75, 3.05) is 5.01 Å². The van der Waals surface area contributed by atoms with Crippen LogP contribution in [0, 0.1) is 0 Å². The van der Waals surface area contributed by atoms with Crippen molar-refractivity contribution in [2.24, 2.45) is 5.10 Å². The number of rotatable bonds is 2. The third-order valence-corrected chi connectivity index (χ3v) is 3.45. The monoisotopic (exact) mass is 384 g/mol. The summed E-state index contributed by atoms with van der Waals surface area (Å²) in [5.74, 6) is -0.747. The molecule has 0 saturated heterocycles. The molecule has 2 aromatic rings. The Morgan fingerprint density at radius 2 is 1.83 bits per heavy atom. The van der Waals surface area contributed by atoms with Crippen molar-refractivity contribution in [3.8, 4) is 0 Å². The van der Waals surface area contributed by atoms with E-state index in [2.05, 4.69) is 21.0 Å². The second-order valence-electron chi connectivity index (χ2n) is 4.60. The lowest BCUT2D eigenvalue weighted by molar-refractivity contribution is -0.114. The largest absolute Gasteiger partial charge is 0.450 e. The summed E-state index contributed by atoms with van der Waals surface area (Å²) >= 11 is 3.06. The van der Waals surface area contributed by atoms with E-state index in [1.54, 1.807) is 18.2 Å². The molecule has 1 amide bonds. The Labute approximate surface area is 137 Å². The molecule has 2 heterocycles. The molecule has 23 heavy (non-hydrogen) atoms. The molecule has 0 fully saturated rings. The lowest BCUT2D eigenvalue weighted by atomic mass is 10.1. The molecule has 0 radical (unpaired) electrons. The van der Waals surface area contributed by atoms with Crippen LogP contribution >= 0.6 is 15.9 Å². The third kappa shape index (κ3) is 3.07. The average Bonchev–Trinajstić information content (AvgIpc) is 3.05. The summed E-state index contributed by atoms with van der Waals surface area (Å²) in [6.07, 6.45) is -3.72. The fourth-order valence-corrected chi connectivity index (χ4v) is 2.37. The van der Waals surface area contributed by atoms with Crippen LogP contribution in [0.2, 0.25) is 0 Å². The van der Waals surface area contributed by atoms with Gasteiger partial charge in [0.15, 0.2) is 10.4 Å². The van der Waals surface area contributed by atoms with Crippen LogP contribution in [0.3, 0.4) is 0 Å². The number of benzene rings is 1. The number of carbonyl (C=O) groups is 1. The summed E-state index contributed by atoms with van der Waals surface area (Å²) in [5.41, 5.74) is -1.56. The van der Waals surface area contributed by atoms with Crippen LogP contribution in [-0.4, -0.2) is 17.8 Å². The maximum Gasteiger partial charge on any atom is 0.435 e. The summed E-state index contributed by atoms with van der Waals surface area (Å²) in [6.45, 7) is 0. The van der Waals surface area contributed by atoms with Crippen LogP contribution in [0.25, 0.3) is 6.08 Å². The number of hydrogen-bond acceptors (Lipinski definition) is 3. The van der Waals surface area contributed by atoms with Crippen molar-refractivity contribution in [3.63, 3.8) is 0 Å². The van der Waals surface area contributed by atoms with Gasteiger partial charge in [-0.3, -0.25) is 4.79 Å². The zero-order valence-electron chi connectivity index (χ0n) is 11.3. The van der Waals surface area contributed by atoms with E-state index < -0.39 is 23.4 Å². The van der Waals surface area contributed by atoms with Crippen LogP contribution in [0.4, 0.5) is 18.9 Å². The Morgan fingerprint density at radius 1 is 1.13 bits per heavy atom. The molecule has 0 N–H and O–H groups in total. The fraction of sp³-hybridized carbons (Fsp3) is 0.0667. The number of halogens is 4. The smallest absolute Gasteiger partial charge is 0.435 e. The second kappa shape index (κ2) is 5.69. The molecule has 0 spiro atoms. The standard InChI is InChI=1S/C15H8BrF3N2O2/c16-12-7-6-10(23-12)8-11-13(15(17,18)19)20-21(14(11)22)9-4-2-1-3-5-9/h1-8H/b11-8-. The van der Waals surface area contributed by atoms with Crippen LogP contribution in [0.15, 0.2) is 62.2 Å². The number of hydrogen-bond donors (Lipinski definition) is 0. The van der Waals surface area contributed by atoms with E-state index in [1.165, 1.54) is 24.3 Å². The first kappa shape index (κ1) is 15.5. The van der Waals surface area contributed by atoms with Crippen molar-refractivity contribution in [3.05, 3.63) is 58.5 Å². The number of nitrogens with zero attached hydrogens (tertiary/aromatic N) is 2. The zero-order chi connectivity index (χ0) is 16.6. The fourth-order valence-electron chi connectivity index (χ4n) is 2.05. The van der Waals surface area contributed by atoms with Crippen LogP contribution < -0.4 is 5.01 Å². The third-order valence-electron chi connectivity index (χ3n) is 3.03. The van der Waals surface area contributed by atoms with E-state index >= 15 is 0 Å². The normalized spacial score (nSPS) is 17.0. The lowest BCUT2D eigenvalue weighted by Gasteiger charge is -2.10. The minimum atomic E-state index is -4.76. The zero-order valence-corrected chi connectivity index (χ0v) is 12.9. The van der Waals surface area contributed by atoms with Gasteiger partial charge in [-0.05, 0) is 46.3 Å². The molecule has 1 aromatic carbocycles. The SMILES string of the molecule is O=C1/C(=C\c2ccc(Br)o2)C(C(F)(F)F)=NN1c1ccccc1. The highest BCUT2D eigenvalue weighted by Crippen LogP contribution is 2.32. The highest BCUT2D eigenvalue weighted by atomic mass is 79.9. The van der Waals surface area contributed by atoms with Gasteiger partial charge in [0.05, 0.1) is 11.3 Å². The second-order valence-corrected chi connectivity index (χ2v) is 5.38. The van der Waals surface area contributed by atoms with Crippen molar-refractivity contribution in [1.82, 2.24) is 0 Å². The maximum absolute atomic E-state index is 13.2. The molecule has 118 valence electrons.